The van der Waals surface area contributed by atoms with E-state index in [9.17, 15) is 16.8 Å². The monoisotopic (exact) mass is 425 g/mol. The van der Waals surface area contributed by atoms with E-state index < -0.39 is 19.9 Å². The lowest BCUT2D eigenvalue weighted by Gasteiger charge is -2.05. The third-order valence-electron chi connectivity index (χ3n) is 3.55. The Labute approximate surface area is 160 Å². The molecular formula is C16H15N3O5S3. The molecule has 0 saturated heterocycles. The Kier molecular flexibility index (Phi) is 5.18. The molecule has 0 saturated carbocycles. The summed E-state index contributed by atoms with van der Waals surface area (Å²) in [7, 11) is -5.75. The first-order valence-electron chi connectivity index (χ1n) is 7.50. The number of benzene rings is 2. The van der Waals surface area contributed by atoms with Crippen molar-refractivity contribution in [3.8, 4) is 16.3 Å². The largest absolute Gasteiger partial charge is 0.497 e. The number of hydrogen-bond acceptors (Lipinski definition) is 8. The molecule has 0 amide bonds. The molecule has 8 nitrogen and oxygen atoms in total. The van der Waals surface area contributed by atoms with Gasteiger partial charge in [-0.15, -0.1) is 10.2 Å². The van der Waals surface area contributed by atoms with Gasteiger partial charge in [0.1, 0.15) is 10.8 Å². The first-order valence-corrected chi connectivity index (χ1v) is 11.7. The number of methoxy groups -OCH3 is 1. The van der Waals surface area contributed by atoms with Crippen molar-refractivity contribution in [2.75, 3.05) is 18.1 Å². The van der Waals surface area contributed by atoms with Crippen molar-refractivity contribution >= 4 is 36.3 Å². The van der Waals surface area contributed by atoms with Crippen LogP contribution in [0.15, 0.2) is 58.3 Å². The maximum Gasteiger partial charge on any atom is 0.263 e. The fourth-order valence-electron chi connectivity index (χ4n) is 2.15. The van der Waals surface area contributed by atoms with Crippen molar-refractivity contribution in [3.05, 3.63) is 48.5 Å². The number of ether oxygens (including phenoxy) is 1. The van der Waals surface area contributed by atoms with Crippen LogP contribution in [0.25, 0.3) is 10.6 Å². The molecule has 0 bridgehead atoms. The molecule has 0 radical (unpaired) electrons. The predicted molar refractivity (Wildman–Crippen MR) is 102 cm³/mol. The zero-order valence-electron chi connectivity index (χ0n) is 14.3. The summed E-state index contributed by atoms with van der Waals surface area (Å²) in [6.45, 7) is 0. The lowest BCUT2D eigenvalue weighted by molar-refractivity contribution is 0.415. The van der Waals surface area contributed by atoms with Crippen LogP contribution in [0.3, 0.4) is 0 Å². The smallest absolute Gasteiger partial charge is 0.263 e. The van der Waals surface area contributed by atoms with Gasteiger partial charge in [-0.25, -0.2) is 16.8 Å². The Bertz CT molecular complexity index is 1150. The molecule has 142 valence electrons. The van der Waals surface area contributed by atoms with Gasteiger partial charge >= 0.3 is 0 Å². The van der Waals surface area contributed by atoms with Crippen LogP contribution in [0.2, 0.25) is 0 Å². The first kappa shape index (κ1) is 19.3. The van der Waals surface area contributed by atoms with Crippen molar-refractivity contribution in [3.63, 3.8) is 0 Å². The highest BCUT2D eigenvalue weighted by molar-refractivity contribution is 7.93. The summed E-state index contributed by atoms with van der Waals surface area (Å²) in [5.74, 6) is 0.696. The minimum absolute atomic E-state index is 0.0409. The second-order valence-electron chi connectivity index (χ2n) is 5.49. The highest BCUT2D eigenvalue weighted by Crippen LogP contribution is 2.29. The van der Waals surface area contributed by atoms with Gasteiger partial charge in [0, 0.05) is 11.8 Å². The molecule has 1 aromatic heterocycles. The number of sulfonamides is 1. The van der Waals surface area contributed by atoms with E-state index in [1.54, 1.807) is 31.4 Å². The minimum Gasteiger partial charge on any atom is -0.497 e. The topological polar surface area (TPSA) is 115 Å². The Morgan fingerprint density at radius 2 is 1.48 bits per heavy atom. The van der Waals surface area contributed by atoms with Crippen molar-refractivity contribution < 1.29 is 21.6 Å². The number of aromatic nitrogens is 2. The molecule has 0 spiro atoms. The van der Waals surface area contributed by atoms with Crippen molar-refractivity contribution in [2.24, 2.45) is 0 Å². The summed E-state index contributed by atoms with van der Waals surface area (Å²) in [5, 5.41) is 8.49. The van der Waals surface area contributed by atoms with Crippen LogP contribution in [0.1, 0.15) is 0 Å². The summed E-state index contributed by atoms with van der Waals surface area (Å²) >= 11 is 1.08. The summed E-state index contributed by atoms with van der Waals surface area (Å²) in [5.41, 5.74) is 0.774. The lowest BCUT2D eigenvalue weighted by Crippen LogP contribution is -2.13. The Balaban J connectivity index is 1.81. The van der Waals surface area contributed by atoms with Crippen LogP contribution in [-0.4, -0.2) is 40.4 Å². The van der Waals surface area contributed by atoms with Gasteiger partial charge in [-0.3, -0.25) is 4.72 Å². The van der Waals surface area contributed by atoms with Gasteiger partial charge < -0.3 is 4.74 Å². The lowest BCUT2D eigenvalue weighted by atomic mass is 10.2. The summed E-state index contributed by atoms with van der Waals surface area (Å²) < 4.78 is 55.3. The van der Waals surface area contributed by atoms with Gasteiger partial charge in [-0.2, -0.15) is 0 Å². The van der Waals surface area contributed by atoms with E-state index in [1.165, 1.54) is 24.3 Å². The van der Waals surface area contributed by atoms with E-state index in [0.717, 1.165) is 23.2 Å². The van der Waals surface area contributed by atoms with Crippen molar-refractivity contribution in [2.45, 2.75) is 9.79 Å². The van der Waals surface area contributed by atoms with Gasteiger partial charge in [-0.05, 0) is 48.5 Å². The van der Waals surface area contributed by atoms with E-state index in [2.05, 4.69) is 14.9 Å². The maximum absolute atomic E-state index is 12.5. The van der Waals surface area contributed by atoms with Crippen LogP contribution in [0, 0.1) is 0 Å². The second kappa shape index (κ2) is 7.25. The SMILES string of the molecule is COc1ccc(-c2nnc(NS(=O)(=O)c3ccc(S(C)(=O)=O)cc3)s2)cc1. The predicted octanol–water partition coefficient (Wildman–Crippen LogP) is 2.42. The van der Waals surface area contributed by atoms with E-state index >= 15 is 0 Å². The van der Waals surface area contributed by atoms with Crippen LogP contribution in [-0.2, 0) is 19.9 Å². The van der Waals surface area contributed by atoms with Crippen LogP contribution in [0.5, 0.6) is 5.75 Å². The molecule has 11 heteroatoms. The van der Waals surface area contributed by atoms with Gasteiger partial charge in [0.15, 0.2) is 9.84 Å². The average molecular weight is 426 g/mol. The number of anilines is 1. The van der Waals surface area contributed by atoms with Crippen molar-refractivity contribution in [1.82, 2.24) is 10.2 Å². The first-order chi connectivity index (χ1) is 12.7. The van der Waals surface area contributed by atoms with Gasteiger partial charge in [0.2, 0.25) is 5.13 Å². The number of nitrogens with zero attached hydrogens (tertiary/aromatic N) is 2. The van der Waals surface area contributed by atoms with Crippen LogP contribution >= 0.6 is 11.3 Å². The molecule has 3 rings (SSSR count). The minimum atomic E-state index is -3.91. The molecule has 0 aliphatic heterocycles. The number of nitrogens with one attached hydrogen (secondary N) is 1. The number of hydrogen-bond donors (Lipinski definition) is 1. The van der Waals surface area contributed by atoms with Gasteiger partial charge in [0.05, 0.1) is 16.9 Å². The quantitative estimate of drug-likeness (QED) is 0.645. The average Bonchev–Trinajstić information content (AvgIpc) is 3.09. The Morgan fingerprint density at radius 3 is 2.04 bits per heavy atom. The molecule has 0 atom stereocenters. The zero-order valence-corrected chi connectivity index (χ0v) is 16.7. The van der Waals surface area contributed by atoms with Gasteiger partial charge in [0.25, 0.3) is 10.0 Å². The Hall–Kier alpha value is -2.50. The molecule has 0 fully saturated rings. The van der Waals surface area contributed by atoms with E-state index in [4.69, 9.17) is 4.74 Å². The van der Waals surface area contributed by atoms with Gasteiger partial charge in [-0.1, -0.05) is 11.3 Å². The second-order valence-corrected chi connectivity index (χ2v) is 10.2. The standard InChI is InChI=1S/C16H15N3O5S3/c1-24-12-5-3-11(4-6-12)15-17-18-16(25-15)19-27(22,23)14-9-7-13(8-10-14)26(2,20)21/h3-10H,1-2H3,(H,18,19). The normalized spacial score (nSPS) is 11.9. The third-order valence-corrected chi connectivity index (χ3v) is 7.05. The van der Waals surface area contributed by atoms with Crippen molar-refractivity contribution in [1.29, 1.82) is 0 Å². The molecule has 1 heterocycles. The summed E-state index contributed by atoms with van der Waals surface area (Å²) in [4.78, 5) is -0.0322. The number of rotatable bonds is 6. The molecule has 0 aliphatic rings. The fraction of sp³-hybridized carbons (Fsp3) is 0.125. The zero-order chi connectivity index (χ0) is 19.7. The summed E-state index contributed by atoms with van der Waals surface area (Å²) in [6.07, 6.45) is 1.05. The highest BCUT2D eigenvalue weighted by Gasteiger charge is 2.18. The molecule has 0 aliphatic carbocycles. The molecule has 3 aromatic rings. The molecular weight excluding hydrogens is 410 g/mol. The van der Waals surface area contributed by atoms with E-state index in [1.807, 2.05) is 0 Å². The van der Waals surface area contributed by atoms with Crippen LogP contribution < -0.4 is 9.46 Å². The third kappa shape index (κ3) is 4.43. The molecule has 27 heavy (non-hydrogen) atoms. The number of sulfone groups is 1. The molecule has 1 N–H and O–H groups in total. The van der Waals surface area contributed by atoms with E-state index in [0.29, 0.717) is 10.8 Å². The fourth-order valence-corrected chi connectivity index (χ4v) is 4.76. The molecule has 2 aromatic carbocycles. The molecule has 0 unspecified atom stereocenters. The van der Waals surface area contributed by atoms with Crippen LogP contribution in [0.4, 0.5) is 5.13 Å². The Morgan fingerprint density at radius 1 is 0.889 bits per heavy atom. The highest BCUT2D eigenvalue weighted by atomic mass is 32.2. The summed E-state index contributed by atoms with van der Waals surface area (Å²) in [6, 6.07) is 12.1. The van der Waals surface area contributed by atoms with E-state index in [-0.39, 0.29) is 14.9 Å². The maximum atomic E-state index is 12.5.